The summed E-state index contributed by atoms with van der Waals surface area (Å²) in [5, 5.41) is 5.36. The Labute approximate surface area is 155 Å². The largest absolute Gasteiger partial charge is 0.481 e. The van der Waals surface area contributed by atoms with E-state index in [0.717, 1.165) is 10.4 Å². The molecule has 1 N–H and O–H groups in total. The Bertz CT molecular complexity index is 733. The number of hydrogen-bond acceptors (Lipinski definition) is 5. The zero-order valence-corrected chi connectivity index (χ0v) is 15.8. The van der Waals surface area contributed by atoms with Crippen molar-refractivity contribution in [2.75, 3.05) is 7.11 Å². The Hall–Kier alpha value is -2.05. The highest BCUT2D eigenvalue weighted by Gasteiger charge is 2.23. The van der Waals surface area contributed by atoms with Crippen LogP contribution in [0.5, 0.6) is 5.75 Å². The molecule has 0 saturated carbocycles. The zero-order valence-electron chi connectivity index (χ0n) is 14.2. The molecule has 2 aromatic rings. The van der Waals surface area contributed by atoms with Crippen molar-refractivity contribution in [2.45, 2.75) is 32.4 Å². The van der Waals surface area contributed by atoms with Gasteiger partial charge in [0.05, 0.1) is 19.6 Å². The van der Waals surface area contributed by atoms with Crippen LogP contribution in [0.2, 0.25) is 5.02 Å². The fraction of sp³-hybridized carbons (Fsp3) is 0.333. The third-order valence-corrected chi connectivity index (χ3v) is 4.83. The summed E-state index contributed by atoms with van der Waals surface area (Å²) in [6, 6.07) is 8.50. The minimum Gasteiger partial charge on any atom is -0.481 e. The number of rotatable bonds is 7. The van der Waals surface area contributed by atoms with Crippen molar-refractivity contribution in [1.82, 2.24) is 5.32 Å². The Morgan fingerprint density at radius 3 is 2.68 bits per heavy atom. The maximum absolute atomic E-state index is 12.5. The Morgan fingerprint density at radius 1 is 1.32 bits per heavy atom. The van der Waals surface area contributed by atoms with Crippen molar-refractivity contribution in [1.29, 1.82) is 0 Å². The van der Waals surface area contributed by atoms with E-state index in [0.29, 0.717) is 10.8 Å². The molecule has 0 bridgehead atoms. The topological polar surface area (TPSA) is 64.6 Å². The third-order valence-electron chi connectivity index (χ3n) is 3.61. The molecule has 134 valence electrons. The van der Waals surface area contributed by atoms with Crippen LogP contribution in [0.4, 0.5) is 0 Å². The molecule has 2 atom stereocenters. The quantitative estimate of drug-likeness (QED) is 0.739. The first kappa shape index (κ1) is 19.3. The molecule has 5 nitrogen and oxygen atoms in total. The highest BCUT2D eigenvalue weighted by atomic mass is 35.5. The van der Waals surface area contributed by atoms with Crippen LogP contribution in [0, 0.1) is 6.92 Å². The van der Waals surface area contributed by atoms with E-state index in [9.17, 15) is 9.59 Å². The van der Waals surface area contributed by atoms with Gasteiger partial charge in [0.25, 0.3) is 5.91 Å². The van der Waals surface area contributed by atoms with Gasteiger partial charge in [0.2, 0.25) is 0 Å². The molecular formula is C18H20ClNO4S. The van der Waals surface area contributed by atoms with Gasteiger partial charge in [-0.2, -0.15) is 0 Å². The number of nitrogens with one attached hydrogen (secondary N) is 1. The summed E-state index contributed by atoms with van der Waals surface area (Å²) in [5.41, 5.74) is 0.844. The molecule has 1 heterocycles. The molecular weight excluding hydrogens is 362 g/mol. The van der Waals surface area contributed by atoms with E-state index in [4.69, 9.17) is 21.1 Å². The first-order valence-corrected chi connectivity index (χ1v) is 9.00. The number of halogens is 1. The number of carbonyl (C=O) groups is 2. The standard InChI is InChI=1S/C18H20ClNO4S/c1-11-9-13(19)6-7-15(11)24-12(2)18(22)20-14(10-17(21)23-3)16-5-4-8-25-16/h4-9,12,14H,10H2,1-3H3,(H,20,22). The number of benzene rings is 1. The number of methoxy groups -OCH3 is 1. The smallest absolute Gasteiger partial charge is 0.307 e. The van der Waals surface area contributed by atoms with Crippen LogP contribution < -0.4 is 10.1 Å². The number of amides is 1. The average molecular weight is 382 g/mol. The summed E-state index contributed by atoms with van der Waals surface area (Å²) < 4.78 is 10.4. The van der Waals surface area contributed by atoms with Gasteiger partial charge in [-0.05, 0) is 49.1 Å². The van der Waals surface area contributed by atoms with Crippen LogP contribution in [0.15, 0.2) is 35.7 Å². The van der Waals surface area contributed by atoms with Gasteiger partial charge in [0.1, 0.15) is 5.75 Å². The number of thiophene rings is 1. The predicted molar refractivity (Wildman–Crippen MR) is 98.1 cm³/mol. The van der Waals surface area contributed by atoms with Gasteiger partial charge in [-0.3, -0.25) is 9.59 Å². The maximum Gasteiger partial charge on any atom is 0.307 e. The van der Waals surface area contributed by atoms with Crippen molar-refractivity contribution in [3.05, 3.63) is 51.2 Å². The van der Waals surface area contributed by atoms with Gasteiger partial charge in [-0.25, -0.2) is 0 Å². The summed E-state index contributed by atoms with van der Waals surface area (Å²) in [4.78, 5) is 25.0. The molecule has 25 heavy (non-hydrogen) atoms. The highest BCUT2D eigenvalue weighted by molar-refractivity contribution is 7.10. The molecule has 0 aliphatic rings. The van der Waals surface area contributed by atoms with Crippen LogP contribution in [-0.4, -0.2) is 25.1 Å². The highest BCUT2D eigenvalue weighted by Crippen LogP contribution is 2.25. The Balaban J connectivity index is 2.05. The molecule has 0 aliphatic heterocycles. The maximum atomic E-state index is 12.5. The number of ether oxygens (including phenoxy) is 2. The van der Waals surface area contributed by atoms with Gasteiger partial charge in [0, 0.05) is 9.90 Å². The molecule has 1 amide bonds. The minimum atomic E-state index is -0.722. The Morgan fingerprint density at radius 2 is 2.08 bits per heavy atom. The molecule has 0 radical (unpaired) electrons. The van der Waals surface area contributed by atoms with Gasteiger partial charge in [-0.1, -0.05) is 17.7 Å². The molecule has 7 heteroatoms. The van der Waals surface area contributed by atoms with Crippen molar-refractivity contribution >= 4 is 34.8 Å². The van der Waals surface area contributed by atoms with Gasteiger partial charge in [-0.15, -0.1) is 11.3 Å². The second-order valence-corrected chi connectivity index (χ2v) is 6.94. The number of carbonyl (C=O) groups excluding carboxylic acids is 2. The molecule has 1 aromatic carbocycles. The molecule has 0 fully saturated rings. The molecule has 0 aliphatic carbocycles. The zero-order chi connectivity index (χ0) is 18.4. The second kappa shape index (κ2) is 8.87. The van der Waals surface area contributed by atoms with E-state index in [2.05, 4.69) is 5.32 Å². The van der Waals surface area contributed by atoms with E-state index < -0.39 is 12.1 Å². The molecule has 2 unspecified atom stereocenters. The summed E-state index contributed by atoms with van der Waals surface area (Å²) >= 11 is 7.39. The lowest BCUT2D eigenvalue weighted by molar-refractivity contribution is -0.141. The summed E-state index contributed by atoms with van der Waals surface area (Å²) in [5.74, 6) is -0.106. The first-order valence-electron chi connectivity index (χ1n) is 7.74. The number of aryl methyl sites for hydroxylation is 1. The van der Waals surface area contributed by atoms with Crippen molar-refractivity contribution < 1.29 is 19.1 Å². The van der Waals surface area contributed by atoms with E-state index in [1.165, 1.54) is 18.4 Å². The number of hydrogen-bond donors (Lipinski definition) is 1. The summed E-state index contributed by atoms with van der Waals surface area (Å²) in [6.45, 7) is 3.52. The normalized spacial score (nSPS) is 13.0. The average Bonchev–Trinajstić information content (AvgIpc) is 3.10. The van der Waals surface area contributed by atoms with Crippen LogP contribution in [0.3, 0.4) is 0 Å². The lowest BCUT2D eigenvalue weighted by Crippen LogP contribution is -2.39. The minimum absolute atomic E-state index is 0.0649. The van der Waals surface area contributed by atoms with Gasteiger partial charge >= 0.3 is 5.97 Å². The molecule has 0 spiro atoms. The van der Waals surface area contributed by atoms with Gasteiger partial charge in [0.15, 0.2) is 6.10 Å². The van der Waals surface area contributed by atoms with Crippen molar-refractivity contribution in [3.8, 4) is 5.75 Å². The number of esters is 1. The van der Waals surface area contributed by atoms with Gasteiger partial charge < -0.3 is 14.8 Å². The Kier molecular flexibility index (Phi) is 6.84. The summed E-state index contributed by atoms with van der Waals surface area (Å²) in [6.07, 6.45) is -0.657. The predicted octanol–water partition coefficient (Wildman–Crippen LogP) is 3.90. The monoisotopic (exact) mass is 381 g/mol. The fourth-order valence-corrected chi connectivity index (χ4v) is 3.24. The summed E-state index contributed by atoms with van der Waals surface area (Å²) in [7, 11) is 1.32. The fourth-order valence-electron chi connectivity index (χ4n) is 2.24. The van der Waals surface area contributed by atoms with E-state index in [1.807, 2.05) is 24.4 Å². The second-order valence-electron chi connectivity index (χ2n) is 5.53. The van der Waals surface area contributed by atoms with E-state index in [-0.39, 0.29) is 18.3 Å². The van der Waals surface area contributed by atoms with Crippen LogP contribution in [0.25, 0.3) is 0 Å². The van der Waals surface area contributed by atoms with Crippen molar-refractivity contribution in [3.63, 3.8) is 0 Å². The lowest BCUT2D eigenvalue weighted by Gasteiger charge is -2.21. The first-order chi connectivity index (χ1) is 11.9. The van der Waals surface area contributed by atoms with Crippen LogP contribution in [-0.2, 0) is 14.3 Å². The van der Waals surface area contributed by atoms with Crippen molar-refractivity contribution in [2.24, 2.45) is 0 Å². The molecule has 2 rings (SSSR count). The van der Waals surface area contributed by atoms with E-state index >= 15 is 0 Å². The SMILES string of the molecule is COC(=O)CC(NC(=O)C(C)Oc1ccc(Cl)cc1C)c1cccs1. The lowest BCUT2D eigenvalue weighted by atomic mass is 10.1. The van der Waals surface area contributed by atoms with E-state index in [1.54, 1.807) is 25.1 Å². The van der Waals surface area contributed by atoms with Crippen LogP contribution >= 0.6 is 22.9 Å². The third kappa shape index (κ3) is 5.47. The molecule has 1 aromatic heterocycles. The molecule has 0 saturated heterocycles. The van der Waals surface area contributed by atoms with Crippen LogP contribution in [0.1, 0.15) is 29.8 Å².